The summed E-state index contributed by atoms with van der Waals surface area (Å²) in [6, 6.07) is 9.59. The van der Waals surface area contributed by atoms with Gasteiger partial charge in [-0.05, 0) is 24.3 Å². The Morgan fingerprint density at radius 2 is 1.67 bits per heavy atom. The van der Waals surface area contributed by atoms with E-state index in [2.05, 4.69) is 4.98 Å². The summed E-state index contributed by atoms with van der Waals surface area (Å²) in [4.78, 5) is 27.9. The van der Waals surface area contributed by atoms with Gasteiger partial charge >= 0.3 is 0 Å². The monoisotopic (exact) mass is 368 g/mol. The highest BCUT2D eigenvalue weighted by atomic mass is 16.6. The van der Waals surface area contributed by atoms with Gasteiger partial charge in [0.05, 0.1) is 31.6 Å². The maximum Gasteiger partial charge on any atom is 0.295 e. The molecular weight excluding hydrogens is 352 g/mol. The third kappa shape index (κ3) is 3.24. The van der Waals surface area contributed by atoms with Crippen LogP contribution < -0.4 is 14.2 Å². The normalized spacial score (nSPS) is 10.5. The molecule has 0 aliphatic carbocycles. The van der Waals surface area contributed by atoms with Crippen molar-refractivity contribution in [3.63, 3.8) is 0 Å². The fourth-order valence-electron chi connectivity index (χ4n) is 2.78. The topological polar surface area (TPSA) is 101 Å². The van der Waals surface area contributed by atoms with Crippen LogP contribution in [0.15, 0.2) is 42.6 Å². The Hall–Kier alpha value is -3.68. The number of benzene rings is 2. The lowest BCUT2D eigenvalue weighted by Gasteiger charge is -2.11. The van der Waals surface area contributed by atoms with Crippen molar-refractivity contribution >= 4 is 22.2 Å². The lowest BCUT2D eigenvalue weighted by Crippen LogP contribution is -2.07. The molecule has 0 fully saturated rings. The first-order valence-corrected chi connectivity index (χ1v) is 7.88. The number of carbonyl (C=O) groups excluding carboxylic acids is 1. The van der Waals surface area contributed by atoms with Gasteiger partial charge in [-0.3, -0.25) is 14.9 Å². The first-order valence-electron chi connectivity index (χ1n) is 7.88. The van der Waals surface area contributed by atoms with Crippen molar-refractivity contribution in [2.75, 3.05) is 21.3 Å². The van der Waals surface area contributed by atoms with E-state index >= 15 is 0 Å². The van der Waals surface area contributed by atoms with Crippen molar-refractivity contribution in [3.05, 3.63) is 64.0 Å². The van der Waals surface area contributed by atoms with Crippen molar-refractivity contribution in [3.8, 4) is 17.2 Å². The molecule has 0 atom stereocenters. The fourth-order valence-corrected chi connectivity index (χ4v) is 2.78. The second-order valence-corrected chi connectivity index (χ2v) is 5.56. The number of ketones is 1. The molecule has 3 aromatic rings. The Kier molecular flexibility index (Phi) is 4.89. The number of ether oxygens (including phenoxy) is 3. The Balaban J connectivity index is 2.28. The van der Waals surface area contributed by atoms with Crippen molar-refractivity contribution in [1.82, 2.24) is 4.98 Å². The molecule has 1 aromatic heterocycles. The van der Waals surface area contributed by atoms with Crippen LogP contribution in [0.25, 0.3) is 10.8 Å². The summed E-state index contributed by atoms with van der Waals surface area (Å²) in [5, 5.41) is 11.9. The largest absolute Gasteiger partial charge is 0.497 e. The first-order chi connectivity index (χ1) is 13.0. The van der Waals surface area contributed by atoms with E-state index in [9.17, 15) is 14.9 Å². The number of rotatable bonds is 6. The van der Waals surface area contributed by atoms with Crippen LogP contribution in [-0.4, -0.2) is 37.0 Å². The van der Waals surface area contributed by atoms with Crippen molar-refractivity contribution in [2.24, 2.45) is 0 Å². The van der Waals surface area contributed by atoms with Crippen LogP contribution in [-0.2, 0) is 0 Å². The van der Waals surface area contributed by atoms with Crippen LogP contribution >= 0.6 is 0 Å². The van der Waals surface area contributed by atoms with Gasteiger partial charge in [0.25, 0.3) is 5.69 Å². The van der Waals surface area contributed by atoms with E-state index in [1.54, 1.807) is 24.3 Å². The zero-order valence-electron chi connectivity index (χ0n) is 14.9. The van der Waals surface area contributed by atoms with Crippen LogP contribution in [0.4, 0.5) is 5.69 Å². The van der Waals surface area contributed by atoms with E-state index in [1.165, 1.54) is 33.5 Å². The second kappa shape index (κ2) is 7.28. The third-order valence-corrected chi connectivity index (χ3v) is 4.11. The molecule has 1 heterocycles. The molecule has 0 N–H and O–H groups in total. The molecule has 0 spiro atoms. The number of pyridine rings is 1. The minimum absolute atomic E-state index is 0.0739. The molecular formula is C19H16N2O6. The van der Waals surface area contributed by atoms with E-state index in [4.69, 9.17) is 14.2 Å². The summed E-state index contributed by atoms with van der Waals surface area (Å²) in [6.45, 7) is 0. The molecule has 0 radical (unpaired) electrons. The van der Waals surface area contributed by atoms with Crippen molar-refractivity contribution in [1.29, 1.82) is 0 Å². The lowest BCUT2D eigenvalue weighted by atomic mass is 10.0. The Labute approximate surface area is 154 Å². The van der Waals surface area contributed by atoms with Gasteiger partial charge in [-0.25, -0.2) is 4.98 Å². The number of methoxy groups -OCH3 is 3. The van der Waals surface area contributed by atoms with Crippen LogP contribution in [0.2, 0.25) is 0 Å². The quantitative estimate of drug-likeness (QED) is 0.373. The molecule has 2 aromatic carbocycles. The molecule has 138 valence electrons. The van der Waals surface area contributed by atoms with Crippen molar-refractivity contribution < 1.29 is 23.9 Å². The van der Waals surface area contributed by atoms with Gasteiger partial charge < -0.3 is 14.2 Å². The number of aromatic nitrogens is 1. The molecule has 0 saturated carbocycles. The number of fused-ring (bicyclic) bond motifs is 1. The van der Waals surface area contributed by atoms with Crippen LogP contribution in [0.1, 0.15) is 16.1 Å². The van der Waals surface area contributed by atoms with E-state index in [-0.39, 0.29) is 22.6 Å². The van der Waals surface area contributed by atoms with Gasteiger partial charge in [0.15, 0.2) is 11.5 Å². The van der Waals surface area contributed by atoms with E-state index < -0.39 is 4.92 Å². The van der Waals surface area contributed by atoms with Gasteiger partial charge in [-0.2, -0.15) is 0 Å². The molecule has 0 amide bonds. The summed E-state index contributed by atoms with van der Waals surface area (Å²) in [5.41, 5.74) is 0.199. The second-order valence-electron chi connectivity index (χ2n) is 5.56. The SMILES string of the molecule is COc1cccc(C(=O)c2ncc([N+](=O)[O-])c3cc(OC)c(OC)cc23)c1. The summed E-state index contributed by atoms with van der Waals surface area (Å²) >= 11 is 0. The average Bonchev–Trinajstić information content (AvgIpc) is 2.71. The average molecular weight is 368 g/mol. The highest BCUT2D eigenvalue weighted by Gasteiger charge is 2.23. The number of hydrogen-bond donors (Lipinski definition) is 0. The molecule has 0 unspecified atom stereocenters. The summed E-state index contributed by atoms with van der Waals surface area (Å²) in [6.07, 6.45) is 1.07. The van der Waals surface area contributed by atoms with Gasteiger partial charge in [0.2, 0.25) is 5.78 Å². The number of carbonyl (C=O) groups is 1. The minimum Gasteiger partial charge on any atom is -0.497 e. The summed E-state index contributed by atoms with van der Waals surface area (Å²) < 4.78 is 15.6. The summed E-state index contributed by atoms with van der Waals surface area (Å²) in [7, 11) is 4.37. The molecule has 0 aliphatic heterocycles. The Morgan fingerprint density at radius 3 is 2.26 bits per heavy atom. The van der Waals surface area contributed by atoms with E-state index in [0.717, 1.165) is 6.20 Å². The number of nitrogens with zero attached hydrogens (tertiary/aromatic N) is 2. The van der Waals surface area contributed by atoms with Gasteiger partial charge in [0, 0.05) is 10.9 Å². The molecule has 0 aliphatic rings. The minimum atomic E-state index is -0.555. The number of nitro groups is 1. The molecule has 8 heteroatoms. The zero-order valence-corrected chi connectivity index (χ0v) is 14.9. The van der Waals surface area contributed by atoms with Gasteiger partial charge in [-0.15, -0.1) is 0 Å². The number of hydrogen-bond acceptors (Lipinski definition) is 7. The Morgan fingerprint density at radius 1 is 1.00 bits per heavy atom. The molecule has 3 rings (SSSR count). The molecule has 0 saturated heterocycles. The van der Waals surface area contributed by atoms with E-state index in [1.807, 2.05) is 0 Å². The molecule has 8 nitrogen and oxygen atoms in total. The van der Waals surface area contributed by atoms with Gasteiger partial charge in [-0.1, -0.05) is 12.1 Å². The van der Waals surface area contributed by atoms with Crippen LogP contribution in [0.5, 0.6) is 17.2 Å². The van der Waals surface area contributed by atoms with Crippen LogP contribution in [0.3, 0.4) is 0 Å². The van der Waals surface area contributed by atoms with Gasteiger partial charge in [0.1, 0.15) is 17.6 Å². The predicted molar refractivity (Wildman–Crippen MR) is 97.9 cm³/mol. The standard InChI is InChI=1S/C19H16N2O6/c1-25-12-6-4-5-11(7-12)19(22)18-14-9-17(27-3)16(26-2)8-13(14)15(10-20-18)21(23)24/h4-10H,1-3H3. The lowest BCUT2D eigenvalue weighted by molar-refractivity contribution is -0.383. The highest BCUT2D eigenvalue weighted by molar-refractivity contribution is 6.16. The maximum atomic E-state index is 13.0. The predicted octanol–water partition coefficient (Wildman–Crippen LogP) is 3.40. The zero-order chi connectivity index (χ0) is 19.6. The van der Waals surface area contributed by atoms with Crippen LogP contribution in [0, 0.1) is 10.1 Å². The van der Waals surface area contributed by atoms with Crippen molar-refractivity contribution in [2.45, 2.75) is 0 Å². The maximum absolute atomic E-state index is 13.0. The van der Waals surface area contributed by atoms with E-state index in [0.29, 0.717) is 28.2 Å². The summed E-state index contributed by atoms with van der Waals surface area (Å²) in [5.74, 6) is 0.790. The molecule has 27 heavy (non-hydrogen) atoms. The molecule has 0 bridgehead atoms. The first kappa shape index (κ1) is 18.1. The highest BCUT2D eigenvalue weighted by Crippen LogP contribution is 2.37. The third-order valence-electron chi connectivity index (χ3n) is 4.11. The smallest absolute Gasteiger partial charge is 0.295 e. The fraction of sp³-hybridized carbons (Fsp3) is 0.158. The Bertz CT molecular complexity index is 1050.